The van der Waals surface area contributed by atoms with E-state index >= 15 is 4.39 Å². The second kappa shape index (κ2) is 10.7. The highest BCUT2D eigenvalue weighted by Gasteiger charge is 2.70. The molecule has 0 aromatic heterocycles. The number of likely N-dealkylation sites (tertiary alicyclic amines) is 1. The maximum absolute atomic E-state index is 15.1. The zero-order chi connectivity index (χ0) is 31.6. The molecule has 0 spiro atoms. The van der Waals surface area contributed by atoms with E-state index in [9.17, 15) is 24.3 Å². The van der Waals surface area contributed by atoms with Gasteiger partial charge in [-0.25, -0.2) is 4.39 Å². The molecule has 3 aromatic rings. The minimum absolute atomic E-state index is 0.175. The average Bonchev–Trinajstić information content (AvgIpc) is 3.41. The summed E-state index contributed by atoms with van der Waals surface area (Å²) in [5.74, 6) is -6.27. The number of fused-ring (bicyclic) bond motifs is 4. The highest BCUT2D eigenvalue weighted by Crippen LogP contribution is 2.64. The molecular weight excluding hydrogens is 573 g/mol. The third-order valence-corrected chi connectivity index (χ3v) is 10.2. The van der Waals surface area contributed by atoms with Crippen LogP contribution in [0.4, 0.5) is 10.1 Å². The van der Waals surface area contributed by atoms with Gasteiger partial charge < -0.3 is 5.11 Å². The van der Waals surface area contributed by atoms with Crippen LogP contribution in [0.2, 0.25) is 0 Å². The van der Waals surface area contributed by atoms with E-state index in [2.05, 4.69) is 5.43 Å². The number of hydrogen-bond donors (Lipinski definition) is 2. The molecule has 2 aliphatic carbocycles. The number of anilines is 1. The molecule has 230 valence electrons. The Balaban J connectivity index is 1.45. The number of phenols is 1. The van der Waals surface area contributed by atoms with E-state index in [4.69, 9.17) is 0 Å². The molecule has 6 atom stereocenters. The van der Waals surface area contributed by atoms with Crippen LogP contribution in [-0.4, -0.2) is 45.2 Å². The van der Waals surface area contributed by atoms with Crippen molar-refractivity contribution in [3.8, 4) is 5.75 Å². The van der Waals surface area contributed by atoms with Crippen molar-refractivity contribution in [3.05, 3.63) is 107 Å². The lowest BCUT2D eigenvalue weighted by Gasteiger charge is -2.50. The fourth-order valence-corrected chi connectivity index (χ4v) is 8.33. The summed E-state index contributed by atoms with van der Waals surface area (Å²) < 4.78 is 15.1. The second-order valence-corrected chi connectivity index (χ2v) is 12.6. The second-order valence-electron chi connectivity index (χ2n) is 12.6. The number of phenolic OH excluding ortho intramolecular Hbond substituents is 1. The predicted molar refractivity (Wildman–Crippen MR) is 164 cm³/mol. The normalized spacial score (nSPS) is 29.0. The molecule has 7 rings (SSSR count). The molecule has 0 bridgehead atoms. The van der Waals surface area contributed by atoms with E-state index in [0.717, 1.165) is 16.1 Å². The fraction of sp³-hybridized carbons (Fsp3) is 0.333. The van der Waals surface area contributed by atoms with Crippen LogP contribution in [0.3, 0.4) is 0 Å². The molecule has 3 fully saturated rings. The SMILES string of the molecule is CCCN1C(=O)C2CC=C3C(CC4C(=O)N(Nc5ccc(C)cc5)C(=O)C4(c4ccccc4)C3c3ccc(O)c(F)c3)C2C1=O. The van der Waals surface area contributed by atoms with Crippen molar-refractivity contribution in [2.24, 2.45) is 23.7 Å². The molecule has 6 unspecified atom stereocenters. The van der Waals surface area contributed by atoms with Crippen molar-refractivity contribution in [3.63, 3.8) is 0 Å². The Bertz CT molecular complexity index is 1760. The topological polar surface area (TPSA) is 107 Å². The van der Waals surface area contributed by atoms with E-state index < -0.39 is 58.4 Å². The van der Waals surface area contributed by atoms with Crippen LogP contribution in [-0.2, 0) is 24.6 Å². The summed E-state index contributed by atoms with van der Waals surface area (Å²) in [6, 6.07) is 20.5. The van der Waals surface area contributed by atoms with Crippen LogP contribution in [0, 0.1) is 36.4 Å². The number of carbonyl (C=O) groups excluding carboxylic acids is 4. The number of nitrogens with one attached hydrogen (secondary N) is 1. The number of hydrogen-bond acceptors (Lipinski definition) is 6. The molecular formula is C36H34FN3O5. The lowest BCUT2D eigenvalue weighted by molar-refractivity contribution is -0.141. The Morgan fingerprint density at radius 2 is 1.67 bits per heavy atom. The Morgan fingerprint density at radius 3 is 2.36 bits per heavy atom. The van der Waals surface area contributed by atoms with Crippen molar-refractivity contribution in [1.29, 1.82) is 0 Å². The Labute approximate surface area is 260 Å². The monoisotopic (exact) mass is 607 g/mol. The number of nitrogens with zero attached hydrogens (tertiary/aromatic N) is 2. The first-order chi connectivity index (χ1) is 21.7. The molecule has 2 aliphatic heterocycles. The van der Waals surface area contributed by atoms with E-state index in [-0.39, 0.29) is 18.2 Å². The average molecular weight is 608 g/mol. The van der Waals surface area contributed by atoms with Gasteiger partial charge in [-0.05, 0) is 67.5 Å². The molecule has 9 heteroatoms. The Kier molecular flexibility index (Phi) is 6.87. The summed E-state index contributed by atoms with van der Waals surface area (Å²) in [7, 11) is 0. The van der Waals surface area contributed by atoms with Crippen molar-refractivity contribution < 1.29 is 28.7 Å². The van der Waals surface area contributed by atoms with E-state index in [1.807, 2.05) is 62.4 Å². The molecule has 4 amide bonds. The van der Waals surface area contributed by atoms with Crippen molar-refractivity contribution in [2.75, 3.05) is 12.0 Å². The van der Waals surface area contributed by atoms with Gasteiger partial charge in [0.15, 0.2) is 11.6 Å². The first-order valence-electron chi connectivity index (χ1n) is 15.5. The first-order valence-corrected chi connectivity index (χ1v) is 15.5. The highest BCUT2D eigenvalue weighted by molar-refractivity contribution is 6.13. The van der Waals surface area contributed by atoms with Gasteiger partial charge in [-0.15, -0.1) is 0 Å². The zero-order valence-corrected chi connectivity index (χ0v) is 25.1. The number of hydrazine groups is 1. The largest absolute Gasteiger partial charge is 0.505 e. The number of imide groups is 2. The maximum Gasteiger partial charge on any atom is 0.260 e. The summed E-state index contributed by atoms with van der Waals surface area (Å²) in [6.45, 7) is 4.17. The molecule has 3 aromatic carbocycles. The van der Waals surface area contributed by atoms with E-state index in [0.29, 0.717) is 36.2 Å². The molecule has 2 heterocycles. The molecule has 1 saturated carbocycles. The number of rotatable bonds is 6. The van der Waals surface area contributed by atoms with Gasteiger partial charge in [-0.3, -0.25) is 29.5 Å². The minimum atomic E-state index is -1.48. The van der Waals surface area contributed by atoms with Gasteiger partial charge in [0.1, 0.15) is 0 Å². The van der Waals surface area contributed by atoms with Gasteiger partial charge in [0.05, 0.1) is 28.9 Å². The lowest BCUT2D eigenvalue weighted by atomic mass is 9.49. The van der Waals surface area contributed by atoms with Gasteiger partial charge in [-0.1, -0.05) is 72.7 Å². The molecule has 4 aliphatic rings. The number of carbonyl (C=O) groups is 4. The van der Waals surface area contributed by atoms with Crippen LogP contribution in [0.5, 0.6) is 5.75 Å². The van der Waals surface area contributed by atoms with Crippen molar-refractivity contribution in [1.82, 2.24) is 9.91 Å². The van der Waals surface area contributed by atoms with Crippen LogP contribution >= 0.6 is 0 Å². The number of halogens is 1. The standard InChI is InChI=1S/C36H34FN3O5/c1-3-17-39-32(42)25-15-14-24-26(30(25)34(39)44)19-27-33(43)40(38-23-12-9-20(2)10-13-23)35(45)36(27,22-7-5-4-6-8-22)31(24)21-11-16-29(41)28(37)18-21/h4-14,16,18,25-27,30-31,38,41H,3,15,17,19H2,1-2H3. The molecule has 2 N–H and O–H groups in total. The highest BCUT2D eigenvalue weighted by atomic mass is 19.1. The zero-order valence-electron chi connectivity index (χ0n) is 25.1. The molecule has 2 saturated heterocycles. The Morgan fingerprint density at radius 1 is 0.933 bits per heavy atom. The summed E-state index contributed by atoms with van der Waals surface area (Å²) in [5, 5.41) is 11.2. The minimum Gasteiger partial charge on any atom is -0.505 e. The van der Waals surface area contributed by atoms with Crippen LogP contribution in [0.15, 0.2) is 84.4 Å². The molecule has 8 nitrogen and oxygen atoms in total. The van der Waals surface area contributed by atoms with Gasteiger partial charge in [-0.2, -0.15) is 5.01 Å². The van der Waals surface area contributed by atoms with Gasteiger partial charge >= 0.3 is 0 Å². The quantitative estimate of drug-likeness (QED) is 0.294. The van der Waals surface area contributed by atoms with Gasteiger partial charge in [0.25, 0.3) is 11.8 Å². The lowest BCUT2D eigenvalue weighted by Crippen LogP contribution is -2.53. The number of aromatic hydroxyl groups is 1. The third-order valence-electron chi connectivity index (χ3n) is 10.2. The van der Waals surface area contributed by atoms with Crippen LogP contribution in [0.25, 0.3) is 0 Å². The number of allylic oxidation sites excluding steroid dienone is 2. The molecule has 45 heavy (non-hydrogen) atoms. The predicted octanol–water partition coefficient (Wildman–Crippen LogP) is 5.23. The number of amides is 4. The number of aryl methyl sites for hydroxylation is 1. The fourth-order valence-electron chi connectivity index (χ4n) is 8.33. The van der Waals surface area contributed by atoms with Crippen molar-refractivity contribution >= 4 is 29.3 Å². The third kappa shape index (κ3) is 4.16. The van der Waals surface area contributed by atoms with E-state index in [1.165, 1.54) is 17.0 Å². The summed E-state index contributed by atoms with van der Waals surface area (Å²) in [5.41, 5.74) is 4.90. The maximum atomic E-state index is 15.1. The summed E-state index contributed by atoms with van der Waals surface area (Å²) >= 11 is 0. The van der Waals surface area contributed by atoms with Crippen molar-refractivity contribution in [2.45, 2.75) is 44.4 Å². The van der Waals surface area contributed by atoms with E-state index in [1.54, 1.807) is 18.2 Å². The summed E-state index contributed by atoms with van der Waals surface area (Å²) in [4.78, 5) is 58.1. The van der Waals surface area contributed by atoms with Crippen LogP contribution in [0.1, 0.15) is 48.8 Å². The number of benzene rings is 3. The van der Waals surface area contributed by atoms with Crippen LogP contribution < -0.4 is 5.43 Å². The smallest absolute Gasteiger partial charge is 0.260 e. The first kappa shape index (κ1) is 29.0. The van der Waals surface area contributed by atoms with Gasteiger partial charge in [0.2, 0.25) is 11.8 Å². The Hall–Kier alpha value is -4.79. The van der Waals surface area contributed by atoms with Gasteiger partial charge in [0, 0.05) is 12.5 Å². The molecule has 0 radical (unpaired) electrons. The summed E-state index contributed by atoms with van der Waals surface area (Å²) in [6.07, 6.45) is 3.05.